The lowest BCUT2D eigenvalue weighted by atomic mass is 10.3. The predicted octanol–water partition coefficient (Wildman–Crippen LogP) is 2.24. The SMILES string of the molecule is [CH2]C(C)OCCCCCl. The molecule has 1 unspecified atom stereocenters. The van der Waals surface area contributed by atoms with E-state index in [1.807, 2.05) is 6.92 Å². The summed E-state index contributed by atoms with van der Waals surface area (Å²) >= 11 is 5.45. The van der Waals surface area contributed by atoms with Gasteiger partial charge < -0.3 is 4.74 Å². The van der Waals surface area contributed by atoms with Crippen molar-refractivity contribution in [3.05, 3.63) is 6.92 Å². The van der Waals surface area contributed by atoms with Gasteiger partial charge in [0, 0.05) is 12.5 Å². The van der Waals surface area contributed by atoms with E-state index in [4.69, 9.17) is 16.3 Å². The number of alkyl halides is 1. The average Bonchev–Trinajstić information content (AvgIpc) is 1.80. The molecule has 1 atom stereocenters. The van der Waals surface area contributed by atoms with Gasteiger partial charge in [-0.05, 0) is 26.7 Å². The number of unbranched alkanes of at least 4 members (excludes halogenated alkanes) is 1. The van der Waals surface area contributed by atoms with Crippen molar-refractivity contribution in [2.75, 3.05) is 12.5 Å². The molecule has 0 bridgehead atoms. The van der Waals surface area contributed by atoms with Gasteiger partial charge in [-0.2, -0.15) is 0 Å². The molecule has 9 heavy (non-hydrogen) atoms. The van der Waals surface area contributed by atoms with E-state index >= 15 is 0 Å². The zero-order chi connectivity index (χ0) is 7.11. The minimum atomic E-state index is 0.111. The van der Waals surface area contributed by atoms with Crippen LogP contribution in [0.25, 0.3) is 0 Å². The van der Waals surface area contributed by atoms with E-state index in [1.165, 1.54) is 0 Å². The quantitative estimate of drug-likeness (QED) is 0.431. The van der Waals surface area contributed by atoms with E-state index < -0.39 is 0 Å². The molecule has 0 N–H and O–H groups in total. The van der Waals surface area contributed by atoms with Crippen LogP contribution in [0.2, 0.25) is 0 Å². The first-order valence-electron chi connectivity index (χ1n) is 3.28. The van der Waals surface area contributed by atoms with E-state index in [9.17, 15) is 0 Å². The van der Waals surface area contributed by atoms with Crippen molar-refractivity contribution in [2.24, 2.45) is 0 Å². The van der Waals surface area contributed by atoms with Crippen LogP contribution in [-0.4, -0.2) is 18.6 Å². The second kappa shape index (κ2) is 6.37. The Kier molecular flexibility index (Phi) is 6.55. The zero-order valence-corrected chi connectivity index (χ0v) is 6.66. The van der Waals surface area contributed by atoms with Gasteiger partial charge in [-0.1, -0.05) is 0 Å². The minimum Gasteiger partial charge on any atom is -0.379 e. The van der Waals surface area contributed by atoms with E-state index in [0.29, 0.717) is 0 Å². The Balaban J connectivity index is 2.75. The highest BCUT2D eigenvalue weighted by Gasteiger charge is 1.91. The van der Waals surface area contributed by atoms with Gasteiger partial charge >= 0.3 is 0 Å². The molecule has 0 aromatic heterocycles. The first-order valence-corrected chi connectivity index (χ1v) is 3.81. The summed E-state index contributed by atoms with van der Waals surface area (Å²) in [5, 5.41) is 0. The third-order valence-electron chi connectivity index (χ3n) is 0.930. The van der Waals surface area contributed by atoms with Crippen molar-refractivity contribution >= 4 is 11.6 Å². The molecule has 0 rings (SSSR count). The highest BCUT2D eigenvalue weighted by molar-refractivity contribution is 6.17. The Labute approximate surface area is 62.3 Å². The van der Waals surface area contributed by atoms with Gasteiger partial charge in [0.1, 0.15) is 0 Å². The number of ether oxygens (including phenoxy) is 1. The summed E-state index contributed by atoms with van der Waals surface area (Å²) in [6.07, 6.45) is 2.19. The predicted molar refractivity (Wildman–Crippen MR) is 40.7 cm³/mol. The average molecular weight is 150 g/mol. The van der Waals surface area contributed by atoms with Gasteiger partial charge in [0.15, 0.2) is 0 Å². The van der Waals surface area contributed by atoms with Gasteiger partial charge in [0.05, 0.1) is 6.10 Å². The van der Waals surface area contributed by atoms with Crippen LogP contribution < -0.4 is 0 Å². The molecule has 0 aliphatic heterocycles. The van der Waals surface area contributed by atoms with Gasteiger partial charge in [0.2, 0.25) is 0 Å². The summed E-state index contributed by atoms with van der Waals surface area (Å²) in [4.78, 5) is 0. The number of hydrogen-bond donors (Lipinski definition) is 0. The van der Waals surface area contributed by atoms with E-state index in [2.05, 4.69) is 6.92 Å². The van der Waals surface area contributed by atoms with E-state index in [-0.39, 0.29) is 6.10 Å². The smallest absolute Gasteiger partial charge is 0.0547 e. The fourth-order valence-corrected chi connectivity index (χ4v) is 0.670. The van der Waals surface area contributed by atoms with Crippen molar-refractivity contribution < 1.29 is 4.74 Å². The molecular formula is C7H14ClO. The molecule has 1 radical (unpaired) electrons. The summed E-state index contributed by atoms with van der Waals surface area (Å²) in [6, 6.07) is 0. The Hall–Kier alpha value is 0.250. The number of rotatable bonds is 5. The third kappa shape index (κ3) is 8.25. The van der Waals surface area contributed by atoms with Gasteiger partial charge in [0.25, 0.3) is 0 Å². The molecule has 0 saturated heterocycles. The first kappa shape index (κ1) is 9.25. The van der Waals surface area contributed by atoms with Crippen molar-refractivity contribution in [1.29, 1.82) is 0 Å². The maximum atomic E-state index is 5.45. The molecule has 0 aliphatic carbocycles. The number of halogens is 1. The largest absolute Gasteiger partial charge is 0.379 e. The second-order valence-corrected chi connectivity index (χ2v) is 2.46. The summed E-state index contributed by atoms with van der Waals surface area (Å²) in [6.45, 7) is 6.40. The molecule has 0 fully saturated rings. The molecule has 0 aromatic carbocycles. The Morgan fingerprint density at radius 1 is 1.56 bits per heavy atom. The highest BCUT2D eigenvalue weighted by atomic mass is 35.5. The van der Waals surface area contributed by atoms with Crippen LogP contribution in [0, 0.1) is 6.92 Å². The van der Waals surface area contributed by atoms with Crippen molar-refractivity contribution in [1.82, 2.24) is 0 Å². The standard InChI is InChI=1S/C7H14ClO/c1-7(2)9-6-4-3-5-8/h7H,1,3-6H2,2H3. The zero-order valence-electron chi connectivity index (χ0n) is 5.90. The lowest BCUT2D eigenvalue weighted by Crippen LogP contribution is -2.03. The van der Waals surface area contributed by atoms with Crippen LogP contribution >= 0.6 is 11.6 Å². The van der Waals surface area contributed by atoms with Crippen molar-refractivity contribution in [3.8, 4) is 0 Å². The van der Waals surface area contributed by atoms with Crippen molar-refractivity contribution in [3.63, 3.8) is 0 Å². The van der Waals surface area contributed by atoms with E-state index in [0.717, 1.165) is 25.3 Å². The Morgan fingerprint density at radius 2 is 2.22 bits per heavy atom. The fraction of sp³-hybridized carbons (Fsp3) is 0.857. The summed E-state index contributed by atoms with van der Waals surface area (Å²) < 4.78 is 5.17. The maximum absolute atomic E-state index is 5.45. The molecule has 0 saturated carbocycles. The summed E-state index contributed by atoms with van der Waals surface area (Å²) in [5.41, 5.74) is 0. The van der Waals surface area contributed by atoms with Crippen molar-refractivity contribution in [2.45, 2.75) is 25.9 Å². The van der Waals surface area contributed by atoms with Crippen LogP contribution in [0.3, 0.4) is 0 Å². The van der Waals surface area contributed by atoms with Gasteiger partial charge in [-0.25, -0.2) is 0 Å². The molecule has 0 aliphatic rings. The number of hydrogen-bond acceptors (Lipinski definition) is 1. The normalized spacial score (nSPS) is 10.7. The molecule has 2 heteroatoms. The summed E-state index contributed by atoms with van der Waals surface area (Å²) in [5.74, 6) is 0.731. The van der Waals surface area contributed by atoms with Crippen LogP contribution in [0.15, 0.2) is 0 Å². The lowest BCUT2D eigenvalue weighted by Gasteiger charge is -2.04. The second-order valence-electron chi connectivity index (χ2n) is 2.08. The van der Waals surface area contributed by atoms with Gasteiger partial charge in [-0.3, -0.25) is 0 Å². The Bertz CT molecular complexity index is 54.9. The van der Waals surface area contributed by atoms with Crippen LogP contribution in [0.4, 0.5) is 0 Å². The molecule has 0 heterocycles. The molecule has 1 nitrogen and oxygen atoms in total. The molecule has 0 spiro atoms. The van der Waals surface area contributed by atoms with Crippen LogP contribution in [0.5, 0.6) is 0 Å². The van der Waals surface area contributed by atoms with Gasteiger partial charge in [-0.15, -0.1) is 11.6 Å². The lowest BCUT2D eigenvalue weighted by molar-refractivity contribution is 0.0934. The van der Waals surface area contributed by atoms with Crippen LogP contribution in [0.1, 0.15) is 19.8 Å². The topological polar surface area (TPSA) is 9.23 Å². The first-order chi connectivity index (χ1) is 4.27. The highest BCUT2D eigenvalue weighted by Crippen LogP contribution is 1.94. The third-order valence-corrected chi connectivity index (χ3v) is 1.20. The molecule has 55 valence electrons. The van der Waals surface area contributed by atoms with Crippen LogP contribution in [-0.2, 0) is 4.74 Å². The molecule has 0 amide bonds. The van der Waals surface area contributed by atoms with E-state index in [1.54, 1.807) is 0 Å². The molecular weight excluding hydrogens is 136 g/mol. The molecule has 0 aromatic rings. The fourth-order valence-electron chi connectivity index (χ4n) is 0.481. The Morgan fingerprint density at radius 3 is 2.67 bits per heavy atom. The monoisotopic (exact) mass is 149 g/mol. The summed E-state index contributed by atoms with van der Waals surface area (Å²) in [7, 11) is 0. The minimum absolute atomic E-state index is 0.111. The maximum Gasteiger partial charge on any atom is 0.0547 e.